The summed E-state index contributed by atoms with van der Waals surface area (Å²) in [5.74, 6) is 0. The van der Waals surface area contributed by atoms with E-state index in [1.54, 1.807) is 12.5 Å². The van der Waals surface area contributed by atoms with Gasteiger partial charge in [0.05, 0.1) is 63.9 Å². The second-order valence-electron chi connectivity index (χ2n) is 9.40. The van der Waals surface area contributed by atoms with Gasteiger partial charge >= 0.3 is 0 Å². The van der Waals surface area contributed by atoms with Gasteiger partial charge in [-0.3, -0.25) is 0 Å². The average Bonchev–Trinajstić information content (AvgIpc) is 3.48. The van der Waals surface area contributed by atoms with Crippen molar-refractivity contribution in [2.24, 2.45) is 0 Å². The molecule has 0 aliphatic heterocycles. The molecular formula is C30H55N3O7. The molecule has 2 aromatic rings. The number of hydrogen-bond donors (Lipinski definition) is 7. The summed E-state index contributed by atoms with van der Waals surface area (Å²) in [6.07, 6.45) is 4.99. The van der Waals surface area contributed by atoms with Gasteiger partial charge in [0, 0.05) is 25.2 Å². The molecule has 232 valence electrons. The number of aliphatic hydroxyl groups is 4. The molecule has 0 aliphatic rings. The van der Waals surface area contributed by atoms with Crippen LogP contribution in [0.5, 0.6) is 0 Å². The topological polar surface area (TPSA) is 149 Å². The lowest BCUT2D eigenvalue weighted by atomic mass is 10.2. The molecule has 1 heterocycles. The largest absolute Gasteiger partial charge is 0.472 e. The van der Waals surface area contributed by atoms with E-state index in [9.17, 15) is 10.2 Å². The maximum absolute atomic E-state index is 9.57. The lowest BCUT2D eigenvalue weighted by Gasteiger charge is -2.11. The minimum Gasteiger partial charge on any atom is -0.472 e. The van der Waals surface area contributed by atoms with Crippen molar-refractivity contribution in [3.63, 3.8) is 0 Å². The van der Waals surface area contributed by atoms with E-state index in [0.29, 0.717) is 46.1 Å². The third kappa shape index (κ3) is 25.1. The van der Waals surface area contributed by atoms with Crippen molar-refractivity contribution in [1.82, 2.24) is 16.0 Å². The Bertz CT molecular complexity index is 738. The van der Waals surface area contributed by atoms with Crippen LogP contribution in [0, 0.1) is 0 Å². The Morgan fingerprint density at radius 3 is 1.57 bits per heavy atom. The number of nitrogens with one attached hydrogen (secondary N) is 3. The predicted molar refractivity (Wildman–Crippen MR) is 159 cm³/mol. The van der Waals surface area contributed by atoms with Gasteiger partial charge in [0.2, 0.25) is 0 Å². The van der Waals surface area contributed by atoms with E-state index < -0.39 is 18.3 Å². The fourth-order valence-corrected chi connectivity index (χ4v) is 3.09. The number of benzene rings is 1. The van der Waals surface area contributed by atoms with Crippen LogP contribution in [0.3, 0.4) is 0 Å². The van der Waals surface area contributed by atoms with E-state index in [1.807, 2.05) is 36.4 Å². The zero-order valence-corrected chi connectivity index (χ0v) is 24.8. The highest BCUT2D eigenvalue weighted by molar-refractivity contribution is 5.13. The summed E-state index contributed by atoms with van der Waals surface area (Å²) in [5.41, 5.74) is 2.12. The molecule has 0 saturated heterocycles. The van der Waals surface area contributed by atoms with E-state index in [2.05, 4.69) is 36.7 Å². The molecule has 0 fully saturated rings. The molecule has 0 radical (unpaired) electrons. The Morgan fingerprint density at radius 1 is 0.675 bits per heavy atom. The fourth-order valence-electron chi connectivity index (χ4n) is 3.09. The van der Waals surface area contributed by atoms with Crippen LogP contribution < -0.4 is 16.0 Å². The Kier molecular flexibility index (Phi) is 27.3. The summed E-state index contributed by atoms with van der Waals surface area (Å²) in [6.45, 7) is 12.3. The van der Waals surface area contributed by atoms with E-state index in [0.717, 1.165) is 50.0 Å². The highest BCUT2D eigenvalue weighted by atomic mass is 16.5. The summed E-state index contributed by atoms with van der Waals surface area (Å²) in [7, 11) is 0. The normalized spacial score (nSPS) is 13.0. The van der Waals surface area contributed by atoms with Crippen molar-refractivity contribution in [2.45, 2.75) is 71.6 Å². The predicted octanol–water partition coefficient (Wildman–Crippen LogP) is 2.06. The summed E-state index contributed by atoms with van der Waals surface area (Å²) in [6, 6.07) is 11.8. The van der Waals surface area contributed by atoms with Crippen LogP contribution in [0.25, 0.3) is 0 Å². The third-order valence-electron chi connectivity index (χ3n) is 5.21. The first-order chi connectivity index (χ1) is 19.5. The zero-order chi connectivity index (χ0) is 29.7. The number of ether oxygens (including phenoxy) is 2. The Hall–Kier alpha value is -1.86. The molecule has 1 aromatic carbocycles. The molecule has 40 heavy (non-hydrogen) atoms. The van der Waals surface area contributed by atoms with E-state index in [4.69, 9.17) is 24.1 Å². The van der Waals surface area contributed by atoms with Gasteiger partial charge in [-0.1, -0.05) is 51.1 Å². The molecule has 3 atom stereocenters. The Labute approximate surface area is 241 Å². The monoisotopic (exact) mass is 569 g/mol. The van der Waals surface area contributed by atoms with E-state index >= 15 is 0 Å². The molecule has 0 saturated carbocycles. The highest BCUT2D eigenvalue weighted by Gasteiger charge is 2.04. The zero-order valence-electron chi connectivity index (χ0n) is 24.8. The van der Waals surface area contributed by atoms with Crippen molar-refractivity contribution in [1.29, 1.82) is 0 Å². The van der Waals surface area contributed by atoms with Crippen LogP contribution in [0.15, 0.2) is 53.3 Å². The maximum atomic E-state index is 9.57. The number of hydrogen-bond acceptors (Lipinski definition) is 10. The maximum Gasteiger partial charge on any atom is 0.0957 e. The third-order valence-corrected chi connectivity index (χ3v) is 5.21. The van der Waals surface area contributed by atoms with Gasteiger partial charge in [-0.15, -0.1) is 0 Å². The second-order valence-corrected chi connectivity index (χ2v) is 9.40. The first-order valence-electron chi connectivity index (χ1n) is 14.4. The van der Waals surface area contributed by atoms with Gasteiger partial charge < -0.3 is 50.3 Å². The lowest BCUT2D eigenvalue weighted by Crippen LogP contribution is -2.30. The highest BCUT2D eigenvalue weighted by Crippen LogP contribution is 2.02. The summed E-state index contributed by atoms with van der Waals surface area (Å²) in [5, 5.41) is 45.4. The minimum atomic E-state index is -0.600. The molecule has 3 unspecified atom stereocenters. The molecule has 10 nitrogen and oxygen atoms in total. The van der Waals surface area contributed by atoms with Crippen molar-refractivity contribution in [3.05, 3.63) is 60.1 Å². The first-order valence-corrected chi connectivity index (χ1v) is 14.4. The van der Waals surface area contributed by atoms with Crippen LogP contribution in [0.2, 0.25) is 0 Å². The van der Waals surface area contributed by atoms with Crippen LogP contribution in [0.4, 0.5) is 0 Å². The smallest absolute Gasteiger partial charge is 0.0957 e. The molecule has 1 aromatic heterocycles. The molecule has 0 spiro atoms. The van der Waals surface area contributed by atoms with Crippen LogP contribution in [-0.2, 0) is 22.7 Å². The summed E-state index contributed by atoms with van der Waals surface area (Å²) < 4.78 is 15.6. The van der Waals surface area contributed by atoms with E-state index in [-0.39, 0.29) is 6.61 Å². The van der Waals surface area contributed by atoms with E-state index in [1.165, 1.54) is 0 Å². The van der Waals surface area contributed by atoms with Crippen LogP contribution >= 0.6 is 0 Å². The van der Waals surface area contributed by atoms with Crippen molar-refractivity contribution >= 4 is 0 Å². The molecule has 10 heteroatoms. The van der Waals surface area contributed by atoms with Crippen LogP contribution in [0.1, 0.15) is 51.2 Å². The van der Waals surface area contributed by atoms with Gasteiger partial charge in [-0.05, 0) is 50.5 Å². The van der Waals surface area contributed by atoms with Crippen molar-refractivity contribution < 1.29 is 34.3 Å². The number of rotatable bonds is 21. The Morgan fingerprint density at radius 2 is 1.15 bits per heavy atom. The van der Waals surface area contributed by atoms with Crippen LogP contribution in [-0.4, -0.2) is 97.8 Å². The van der Waals surface area contributed by atoms with Crippen molar-refractivity contribution in [2.75, 3.05) is 59.1 Å². The Balaban J connectivity index is 0.000000595. The first kappa shape index (κ1) is 38.1. The summed E-state index contributed by atoms with van der Waals surface area (Å²) >= 11 is 0. The number of aliphatic hydroxyl groups excluding tert-OH is 4. The molecular weight excluding hydrogens is 514 g/mol. The second kappa shape index (κ2) is 28.7. The van der Waals surface area contributed by atoms with Gasteiger partial charge in [0.15, 0.2) is 0 Å². The number of furan rings is 1. The molecule has 7 N–H and O–H groups in total. The standard InChI is InChI=1S/C13H21NO2.C11H19NO3.C6H15NO2/c1-2-8-14-9-13(15)11-16-10-12-6-4-3-5-7-12;1-2-4-12-6-11(13)9-15-8-10-3-5-14-7-10;1-2-3-7-4-6(9)5-8/h3-7,13-15H,2,8-11H2,1H3;3,5,7,11-13H,2,4,6,8-9H2,1H3;6-9H,2-5H2,1H3. The molecule has 2 rings (SSSR count). The molecule has 0 amide bonds. The molecule has 0 bridgehead atoms. The quantitative estimate of drug-likeness (QED) is 0.111. The fraction of sp³-hybridized carbons (Fsp3) is 0.667. The van der Waals surface area contributed by atoms with Gasteiger partial charge in [-0.25, -0.2) is 0 Å². The summed E-state index contributed by atoms with van der Waals surface area (Å²) in [4.78, 5) is 0. The van der Waals surface area contributed by atoms with Gasteiger partial charge in [-0.2, -0.15) is 0 Å². The lowest BCUT2D eigenvalue weighted by molar-refractivity contribution is 0.0288. The van der Waals surface area contributed by atoms with Crippen molar-refractivity contribution in [3.8, 4) is 0 Å². The minimum absolute atomic E-state index is 0.156. The average molecular weight is 570 g/mol. The SMILES string of the molecule is CCCNCC(O)CO.CCCNCC(O)COCc1ccccc1.CCCNCC(O)COCc1ccoc1. The van der Waals surface area contributed by atoms with Gasteiger partial charge in [0.25, 0.3) is 0 Å². The molecule has 0 aliphatic carbocycles. The van der Waals surface area contributed by atoms with Gasteiger partial charge in [0.1, 0.15) is 0 Å².